The van der Waals surface area contributed by atoms with E-state index in [9.17, 15) is 4.79 Å². The van der Waals surface area contributed by atoms with Crippen molar-refractivity contribution in [2.75, 3.05) is 13.1 Å². The van der Waals surface area contributed by atoms with Crippen LogP contribution in [0.1, 0.15) is 57.7 Å². The summed E-state index contributed by atoms with van der Waals surface area (Å²) in [6.45, 7) is 10.7. The molecular weight excluding hydrogens is 320 g/mol. The molecule has 1 fully saturated rings. The summed E-state index contributed by atoms with van der Waals surface area (Å²) in [7, 11) is 0. The van der Waals surface area contributed by atoms with Crippen molar-refractivity contribution in [3.05, 3.63) is 35.4 Å². The quantitative estimate of drug-likeness (QED) is 0.808. The van der Waals surface area contributed by atoms with E-state index in [1.807, 2.05) is 0 Å². The highest BCUT2D eigenvalue weighted by Crippen LogP contribution is 2.24. The van der Waals surface area contributed by atoms with E-state index in [1.54, 1.807) is 0 Å². The van der Waals surface area contributed by atoms with Crippen LogP contribution in [0.15, 0.2) is 24.3 Å². The number of carbonyl (C=O) groups excluding carboxylic acids is 1. The van der Waals surface area contributed by atoms with Gasteiger partial charge in [0, 0.05) is 5.92 Å². The van der Waals surface area contributed by atoms with Gasteiger partial charge in [0.05, 0.1) is 6.04 Å². The molecule has 4 heteroatoms. The molecule has 1 aliphatic heterocycles. The third kappa shape index (κ3) is 6.10. The van der Waals surface area contributed by atoms with Crippen molar-refractivity contribution in [3.63, 3.8) is 0 Å². The number of hydrogen-bond donors (Lipinski definition) is 2. The van der Waals surface area contributed by atoms with Gasteiger partial charge in [-0.2, -0.15) is 0 Å². The molecule has 1 aromatic carbocycles. The highest BCUT2D eigenvalue weighted by atomic mass is 35.5. The number of carbonyl (C=O) groups is 1. The van der Waals surface area contributed by atoms with Crippen LogP contribution in [0.25, 0.3) is 0 Å². The zero-order valence-electron chi connectivity index (χ0n) is 15.5. The summed E-state index contributed by atoms with van der Waals surface area (Å²) < 4.78 is 0. The smallest absolute Gasteiger partial charge is 0.223 e. The fraction of sp³-hybridized carbons (Fsp3) is 0.650. The highest BCUT2D eigenvalue weighted by Gasteiger charge is 2.25. The Bertz CT molecular complexity index is 493. The van der Waals surface area contributed by atoms with Crippen LogP contribution in [0.2, 0.25) is 0 Å². The summed E-state index contributed by atoms with van der Waals surface area (Å²) in [6, 6.07) is 8.89. The minimum Gasteiger partial charge on any atom is -0.349 e. The molecule has 2 rings (SSSR count). The van der Waals surface area contributed by atoms with Gasteiger partial charge in [-0.1, -0.05) is 52.0 Å². The highest BCUT2D eigenvalue weighted by molar-refractivity contribution is 5.85. The first kappa shape index (κ1) is 21.0. The van der Waals surface area contributed by atoms with Crippen LogP contribution < -0.4 is 10.6 Å². The van der Waals surface area contributed by atoms with Crippen LogP contribution in [-0.4, -0.2) is 19.0 Å². The average Bonchev–Trinajstić information content (AvgIpc) is 2.53. The maximum atomic E-state index is 12.6. The summed E-state index contributed by atoms with van der Waals surface area (Å²) in [6.07, 6.45) is 3.00. The van der Waals surface area contributed by atoms with E-state index >= 15 is 0 Å². The molecule has 0 saturated carbocycles. The van der Waals surface area contributed by atoms with Crippen molar-refractivity contribution < 1.29 is 4.79 Å². The molecule has 1 heterocycles. The lowest BCUT2D eigenvalue weighted by Gasteiger charge is -2.28. The maximum absolute atomic E-state index is 12.6. The van der Waals surface area contributed by atoms with E-state index in [1.165, 1.54) is 11.1 Å². The molecule has 24 heavy (non-hydrogen) atoms. The third-order valence-electron chi connectivity index (χ3n) is 4.66. The number of nitrogens with one attached hydrogen (secondary N) is 2. The second-order valence-electron chi connectivity index (χ2n) is 7.59. The van der Waals surface area contributed by atoms with Gasteiger partial charge in [-0.25, -0.2) is 0 Å². The first-order chi connectivity index (χ1) is 11.0. The Kier molecular flexibility index (Phi) is 8.79. The molecule has 1 saturated heterocycles. The molecular formula is C20H33ClN2O. The van der Waals surface area contributed by atoms with Gasteiger partial charge in [0.25, 0.3) is 0 Å². The summed E-state index contributed by atoms with van der Waals surface area (Å²) in [4.78, 5) is 12.6. The zero-order valence-corrected chi connectivity index (χ0v) is 16.3. The van der Waals surface area contributed by atoms with Crippen LogP contribution >= 0.6 is 12.4 Å². The van der Waals surface area contributed by atoms with Gasteiger partial charge < -0.3 is 10.6 Å². The van der Waals surface area contributed by atoms with Gasteiger partial charge >= 0.3 is 0 Å². The Morgan fingerprint density at radius 1 is 1.12 bits per heavy atom. The Morgan fingerprint density at radius 2 is 1.71 bits per heavy atom. The van der Waals surface area contributed by atoms with E-state index in [0.29, 0.717) is 11.8 Å². The van der Waals surface area contributed by atoms with E-state index in [0.717, 1.165) is 32.4 Å². The summed E-state index contributed by atoms with van der Waals surface area (Å²) in [5.74, 6) is 1.44. The second-order valence-corrected chi connectivity index (χ2v) is 7.59. The minimum atomic E-state index is 0. The largest absolute Gasteiger partial charge is 0.349 e. The van der Waals surface area contributed by atoms with Gasteiger partial charge in [-0.05, 0) is 55.3 Å². The van der Waals surface area contributed by atoms with Crippen molar-refractivity contribution in [1.29, 1.82) is 0 Å². The normalized spacial score (nSPS) is 16.8. The molecule has 1 atom stereocenters. The lowest BCUT2D eigenvalue weighted by atomic mass is 9.91. The van der Waals surface area contributed by atoms with Gasteiger partial charge in [0.1, 0.15) is 0 Å². The first-order valence-electron chi connectivity index (χ1n) is 9.07. The molecule has 0 aromatic heterocycles. The monoisotopic (exact) mass is 352 g/mol. The number of amides is 1. The van der Waals surface area contributed by atoms with E-state index in [4.69, 9.17) is 0 Å². The van der Waals surface area contributed by atoms with Gasteiger partial charge in [-0.15, -0.1) is 12.4 Å². The lowest BCUT2D eigenvalue weighted by Crippen LogP contribution is -2.40. The molecule has 0 spiro atoms. The predicted molar refractivity (Wildman–Crippen MR) is 104 cm³/mol. The molecule has 3 nitrogen and oxygen atoms in total. The fourth-order valence-corrected chi connectivity index (χ4v) is 3.32. The number of halogens is 1. The molecule has 2 N–H and O–H groups in total. The van der Waals surface area contributed by atoms with Gasteiger partial charge in [0.2, 0.25) is 5.91 Å². The lowest BCUT2D eigenvalue weighted by molar-refractivity contribution is -0.126. The van der Waals surface area contributed by atoms with Gasteiger partial charge in [0.15, 0.2) is 0 Å². The maximum Gasteiger partial charge on any atom is 0.223 e. The van der Waals surface area contributed by atoms with Crippen molar-refractivity contribution in [2.24, 2.45) is 17.8 Å². The minimum absolute atomic E-state index is 0. The van der Waals surface area contributed by atoms with Crippen LogP contribution in [0, 0.1) is 17.8 Å². The zero-order chi connectivity index (χ0) is 16.8. The molecule has 0 bridgehead atoms. The van der Waals surface area contributed by atoms with Crippen LogP contribution in [-0.2, 0) is 11.2 Å². The molecule has 1 aliphatic rings. The predicted octanol–water partition coefficient (Wildman–Crippen LogP) is 4.12. The van der Waals surface area contributed by atoms with Crippen molar-refractivity contribution in [1.82, 2.24) is 10.6 Å². The van der Waals surface area contributed by atoms with Crippen LogP contribution in [0.4, 0.5) is 0 Å². The fourth-order valence-electron chi connectivity index (χ4n) is 3.32. The Morgan fingerprint density at radius 3 is 2.21 bits per heavy atom. The van der Waals surface area contributed by atoms with E-state index in [2.05, 4.69) is 62.6 Å². The van der Waals surface area contributed by atoms with Crippen LogP contribution in [0.5, 0.6) is 0 Å². The average molecular weight is 353 g/mol. The third-order valence-corrected chi connectivity index (χ3v) is 4.66. The van der Waals surface area contributed by atoms with E-state index in [-0.39, 0.29) is 30.3 Å². The Hall–Kier alpha value is -1.06. The summed E-state index contributed by atoms with van der Waals surface area (Å²) in [5, 5.41) is 6.62. The number of hydrogen-bond acceptors (Lipinski definition) is 2. The van der Waals surface area contributed by atoms with Gasteiger partial charge in [-0.3, -0.25) is 4.79 Å². The van der Waals surface area contributed by atoms with Crippen molar-refractivity contribution in [2.45, 2.75) is 53.0 Å². The SMILES string of the molecule is CC(C)Cc1ccc(C(NC(=O)C2CCNCC2)C(C)C)cc1.Cl. The topological polar surface area (TPSA) is 41.1 Å². The second kappa shape index (κ2) is 10.0. The molecule has 0 radical (unpaired) electrons. The molecule has 1 aromatic rings. The van der Waals surface area contributed by atoms with Crippen molar-refractivity contribution >= 4 is 18.3 Å². The number of rotatable bonds is 6. The number of benzene rings is 1. The van der Waals surface area contributed by atoms with E-state index < -0.39 is 0 Å². The standard InChI is InChI=1S/C20H32N2O.ClH/c1-14(2)13-16-5-7-17(8-6-16)19(15(3)4)22-20(23)18-9-11-21-12-10-18;/h5-8,14-15,18-19,21H,9-13H2,1-4H3,(H,22,23);1H. The molecule has 0 aliphatic carbocycles. The Labute approximate surface area is 153 Å². The Balaban J connectivity index is 0.00000288. The van der Waals surface area contributed by atoms with Crippen molar-refractivity contribution in [3.8, 4) is 0 Å². The first-order valence-corrected chi connectivity index (χ1v) is 9.07. The molecule has 136 valence electrons. The summed E-state index contributed by atoms with van der Waals surface area (Å²) in [5.41, 5.74) is 2.59. The molecule has 1 amide bonds. The van der Waals surface area contributed by atoms with Crippen LogP contribution in [0.3, 0.4) is 0 Å². The number of piperidine rings is 1. The molecule has 1 unspecified atom stereocenters. The summed E-state index contributed by atoms with van der Waals surface area (Å²) >= 11 is 0.